The molecule has 0 N–H and O–H groups in total. The Bertz CT molecular complexity index is 1040. The lowest BCUT2D eigenvalue weighted by Crippen LogP contribution is -2.30. The Morgan fingerprint density at radius 3 is 1.96 bits per heavy atom. The number of para-hydroxylation sites is 1. The lowest BCUT2D eigenvalue weighted by atomic mass is 10.0. The molecule has 0 amide bonds. The standard InChI is InChI=1S/C23H19N3S/c1-4-10-18(11-5-1)21-22(19-12-6-2-7-13-19)26-16-25(17-27-23(26)24-21)20-14-8-3-9-15-20/h1-15H,16-17H2. The summed E-state index contributed by atoms with van der Waals surface area (Å²) in [5.74, 6) is 0.906. The molecule has 3 nitrogen and oxygen atoms in total. The van der Waals surface area contributed by atoms with Crippen LogP contribution in [0.4, 0.5) is 5.69 Å². The maximum Gasteiger partial charge on any atom is 0.172 e. The van der Waals surface area contributed by atoms with Crippen LogP contribution in [-0.2, 0) is 6.67 Å². The Balaban J connectivity index is 1.65. The summed E-state index contributed by atoms with van der Waals surface area (Å²) in [4.78, 5) is 7.41. The summed E-state index contributed by atoms with van der Waals surface area (Å²) in [5, 5.41) is 1.08. The fourth-order valence-corrected chi connectivity index (χ4v) is 4.46. The maximum atomic E-state index is 5.02. The quantitative estimate of drug-likeness (QED) is 0.459. The summed E-state index contributed by atoms with van der Waals surface area (Å²) < 4.78 is 2.35. The highest BCUT2D eigenvalue weighted by Crippen LogP contribution is 2.39. The van der Waals surface area contributed by atoms with Crippen molar-refractivity contribution in [3.8, 4) is 22.5 Å². The van der Waals surface area contributed by atoms with Crippen molar-refractivity contribution in [2.24, 2.45) is 0 Å². The smallest absolute Gasteiger partial charge is 0.172 e. The van der Waals surface area contributed by atoms with E-state index in [-0.39, 0.29) is 0 Å². The van der Waals surface area contributed by atoms with Gasteiger partial charge in [-0.1, -0.05) is 90.6 Å². The van der Waals surface area contributed by atoms with E-state index in [1.807, 2.05) is 6.07 Å². The van der Waals surface area contributed by atoms with Gasteiger partial charge in [-0.3, -0.25) is 4.57 Å². The molecule has 0 unspecified atom stereocenters. The van der Waals surface area contributed by atoms with E-state index in [2.05, 4.69) is 94.4 Å². The number of hydrogen-bond acceptors (Lipinski definition) is 3. The van der Waals surface area contributed by atoms with Crippen LogP contribution >= 0.6 is 11.8 Å². The van der Waals surface area contributed by atoms with E-state index in [1.165, 1.54) is 16.9 Å². The van der Waals surface area contributed by atoms with Gasteiger partial charge in [-0.05, 0) is 12.1 Å². The molecule has 2 heterocycles. The summed E-state index contributed by atoms with van der Waals surface area (Å²) in [7, 11) is 0. The Labute approximate surface area is 163 Å². The Morgan fingerprint density at radius 2 is 1.30 bits per heavy atom. The van der Waals surface area contributed by atoms with Gasteiger partial charge in [0.1, 0.15) is 0 Å². The third kappa shape index (κ3) is 3.02. The second-order valence-electron chi connectivity index (χ2n) is 6.54. The van der Waals surface area contributed by atoms with E-state index in [0.29, 0.717) is 0 Å². The van der Waals surface area contributed by atoms with Crippen LogP contribution in [0.1, 0.15) is 0 Å². The number of thioether (sulfide) groups is 1. The molecule has 0 spiro atoms. The van der Waals surface area contributed by atoms with Crippen LogP contribution in [0, 0.1) is 0 Å². The highest BCUT2D eigenvalue weighted by atomic mass is 32.2. The normalized spacial score (nSPS) is 13.4. The zero-order chi connectivity index (χ0) is 18.1. The van der Waals surface area contributed by atoms with E-state index >= 15 is 0 Å². The summed E-state index contributed by atoms with van der Waals surface area (Å²) in [5.41, 5.74) is 5.84. The van der Waals surface area contributed by atoms with E-state index in [4.69, 9.17) is 4.98 Å². The highest BCUT2D eigenvalue weighted by Gasteiger charge is 2.25. The van der Waals surface area contributed by atoms with Crippen molar-refractivity contribution >= 4 is 17.4 Å². The van der Waals surface area contributed by atoms with Gasteiger partial charge in [0, 0.05) is 16.8 Å². The zero-order valence-corrected chi connectivity index (χ0v) is 15.6. The first-order chi connectivity index (χ1) is 13.4. The van der Waals surface area contributed by atoms with Crippen molar-refractivity contribution < 1.29 is 0 Å². The SMILES string of the molecule is c1ccc(-c2nc3n(c2-c2ccccc2)CN(c2ccccc2)CS3)cc1. The number of benzene rings is 3. The van der Waals surface area contributed by atoms with Crippen LogP contribution in [0.5, 0.6) is 0 Å². The van der Waals surface area contributed by atoms with Gasteiger partial charge in [0.2, 0.25) is 0 Å². The molecular weight excluding hydrogens is 350 g/mol. The fraction of sp³-hybridized carbons (Fsp3) is 0.0870. The maximum absolute atomic E-state index is 5.02. The van der Waals surface area contributed by atoms with Gasteiger partial charge in [-0.2, -0.15) is 0 Å². The van der Waals surface area contributed by atoms with Crippen LogP contribution in [0.3, 0.4) is 0 Å². The van der Waals surface area contributed by atoms with Crippen LogP contribution in [0.2, 0.25) is 0 Å². The van der Waals surface area contributed by atoms with Crippen molar-refractivity contribution in [3.05, 3.63) is 91.0 Å². The molecule has 3 aromatic carbocycles. The minimum absolute atomic E-state index is 0.802. The Morgan fingerprint density at radius 1 is 0.704 bits per heavy atom. The molecule has 1 aliphatic heterocycles. The summed E-state index contributed by atoms with van der Waals surface area (Å²) in [6.45, 7) is 0.802. The van der Waals surface area contributed by atoms with Gasteiger partial charge in [0.05, 0.1) is 23.9 Å². The molecule has 1 aliphatic rings. The van der Waals surface area contributed by atoms with Crippen molar-refractivity contribution in [1.82, 2.24) is 9.55 Å². The molecule has 1 aromatic heterocycles. The van der Waals surface area contributed by atoms with Gasteiger partial charge < -0.3 is 4.90 Å². The second kappa shape index (κ2) is 6.97. The highest BCUT2D eigenvalue weighted by molar-refractivity contribution is 7.99. The predicted molar refractivity (Wildman–Crippen MR) is 113 cm³/mol. The molecule has 5 rings (SSSR count). The number of nitrogens with zero attached hydrogens (tertiary/aromatic N) is 3. The minimum atomic E-state index is 0.802. The molecule has 4 aromatic rings. The number of aromatic nitrogens is 2. The average Bonchev–Trinajstić information content (AvgIpc) is 3.14. The molecule has 0 atom stereocenters. The van der Waals surface area contributed by atoms with Crippen LogP contribution in [-0.4, -0.2) is 15.4 Å². The predicted octanol–water partition coefficient (Wildman–Crippen LogP) is 5.74. The first-order valence-electron chi connectivity index (χ1n) is 9.04. The number of hydrogen-bond donors (Lipinski definition) is 0. The summed E-state index contributed by atoms with van der Waals surface area (Å²) in [6.07, 6.45) is 0. The minimum Gasteiger partial charge on any atom is -0.344 e. The van der Waals surface area contributed by atoms with E-state index in [9.17, 15) is 0 Å². The molecule has 132 valence electrons. The molecule has 0 saturated carbocycles. The van der Waals surface area contributed by atoms with Crippen molar-refractivity contribution in [2.45, 2.75) is 11.8 Å². The molecule has 4 heteroatoms. The number of imidazole rings is 1. The van der Waals surface area contributed by atoms with E-state index < -0.39 is 0 Å². The summed E-state index contributed by atoms with van der Waals surface area (Å²) in [6, 6.07) is 31.7. The molecule has 0 saturated heterocycles. The van der Waals surface area contributed by atoms with Crippen LogP contribution < -0.4 is 4.90 Å². The summed E-state index contributed by atoms with van der Waals surface area (Å²) >= 11 is 1.79. The molecule has 27 heavy (non-hydrogen) atoms. The largest absolute Gasteiger partial charge is 0.344 e. The first kappa shape index (κ1) is 16.2. The van der Waals surface area contributed by atoms with Gasteiger partial charge in [-0.15, -0.1) is 0 Å². The van der Waals surface area contributed by atoms with Crippen molar-refractivity contribution in [3.63, 3.8) is 0 Å². The number of anilines is 1. The topological polar surface area (TPSA) is 21.1 Å². The Hall–Kier alpha value is -2.98. The molecule has 0 bridgehead atoms. The number of fused-ring (bicyclic) bond motifs is 1. The molecular formula is C23H19N3S. The first-order valence-corrected chi connectivity index (χ1v) is 10.0. The lowest BCUT2D eigenvalue weighted by molar-refractivity contribution is 0.608. The van der Waals surface area contributed by atoms with Crippen LogP contribution in [0.25, 0.3) is 22.5 Å². The average molecular weight is 369 g/mol. The third-order valence-corrected chi connectivity index (χ3v) is 5.82. The van der Waals surface area contributed by atoms with Crippen LogP contribution in [0.15, 0.2) is 96.2 Å². The zero-order valence-electron chi connectivity index (χ0n) is 14.8. The molecule has 0 radical (unpaired) electrons. The second-order valence-corrected chi connectivity index (χ2v) is 7.45. The fourth-order valence-electron chi connectivity index (χ4n) is 3.50. The molecule has 0 fully saturated rings. The van der Waals surface area contributed by atoms with E-state index in [1.54, 1.807) is 11.8 Å². The third-order valence-electron chi connectivity index (χ3n) is 4.81. The number of rotatable bonds is 3. The van der Waals surface area contributed by atoms with Gasteiger partial charge in [-0.25, -0.2) is 4.98 Å². The Kier molecular flexibility index (Phi) is 4.18. The lowest BCUT2D eigenvalue weighted by Gasteiger charge is -2.30. The van der Waals surface area contributed by atoms with E-state index in [0.717, 1.165) is 29.0 Å². The van der Waals surface area contributed by atoms with Gasteiger partial charge in [0.25, 0.3) is 0 Å². The van der Waals surface area contributed by atoms with Crippen molar-refractivity contribution in [1.29, 1.82) is 0 Å². The van der Waals surface area contributed by atoms with Gasteiger partial charge in [0.15, 0.2) is 5.16 Å². The van der Waals surface area contributed by atoms with Crippen molar-refractivity contribution in [2.75, 3.05) is 10.8 Å². The van der Waals surface area contributed by atoms with Gasteiger partial charge >= 0.3 is 0 Å². The molecule has 0 aliphatic carbocycles. The monoisotopic (exact) mass is 369 g/mol.